The van der Waals surface area contributed by atoms with Gasteiger partial charge in [0.15, 0.2) is 11.5 Å². The lowest BCUT2D eigenvalue weighted by Gasteiger charge is -2.16. The first-order chi connectivity index (χ1) is 11.0. The number of methoxy groups -OCH3 is 4. The van der Waals surface area contributed by atoms with Crippen molar-refractivity contribution in [2.24, 2.45) is 5.10 Å². The zero-order valence-electron chi connectivity index (χ0n) is 13.8. The zero-order valence-corrected chi connectivity index (χ0v) is 13.8. The molecule has 1 aromatic carbocycles. The van der Waals surface area contributed by atoms with Gasteiger partial charge in [-0.25, -0.2) is 9.66 Å². The predicted octanol–water partition coefficient (Wildman–Crippen LogP) is 1.69. The summed E-state index contributed by atoms with van der Waals surface area (Å²) in [5.74, 6) is 2.21. The number of ether oxygens (including phenoxy) is 4. The number of nitrogens with zero attached hydrogens (tertiary/aromatic N) is 3. The highest BCUT2D eigenvalue weighted by Gasteiger charge is 2.20. The van der Waals surface area contributed by atoms with Crippen LogP contribution in [0.4, 0.5) is 5.95 Å². The Morgan fingerprint density at radius 3 is 2.17 bits per heavy atom. The molecule has 0 aliphatic carbocycles. The van der Waals surface area contributed by atoms with Crippen LogP contribution in [0.25, 0.3) is 0 Å². The van der Waals surface area contributed by atoms with Gasteiger partial charge >= 0.3 is 0 Å². The molecule has 0 bridgehead atoms. The van der Waals surface area contributed by atoms with Gasteiger partial charge in [0.2, 0.25) is 11.7 Å². The lowest BCUT2D eigenvalue weighted by Crippen LogP contribution is -2.03. The third-order valence-corrected chi connectivity index (χ3v) is 3.20. The van der Waals surface area contributed by atoms with Crippen molar-refractivity contribution < 1.29 is 18.9 Å². The first-order valence-corrected chi connectivity index (χ1v) is 6.78. The Kier molecular flexibility index (Phi) is 4.95. The highest BCUT2D eigenvalue weighted by molar-refractivity contribution is 5.90. The number of nitrogens with two attached hydrogens (primary N) is 1. The van der Waals surface area contributed by atoms with Gasteiger partial charge in [0.25, 0.3) is 0 Å². The number of benzene rings is 1. The summed E-state index contributed by atoms with van der Waals surface area (Å²) in [5.41, 5.74) is 7.14. The van der Waals surface area contributed by atoms with E-state index in [0.717, 1.165) is 5.69 Å². The third-order valence-electron chi connectivity index (χ3n) is 3.20. The summed E-state index contributed by atoms with van der Waals surface area (Å²) in [6.07, 6.45) is 3.28. The van der Waals surface area contributed by atoms with Crippen molar-refractivity contribution in [3.8, 4) is 23.0 Å². The van der Waals surface area contributed by atoms with Gasteiger partial charge in [0, 0.05) is 6.07 Å². The van der Waals surface area contributed by atoms with E-state index in [1.54, 1.807) is 32.7 Å². The summed E-state index contributed by atoms with van der Waals surface area (Å²) >= 11 is 0. The Bertz CT molecular complexity index is 725. The SMILES string of the molecule is COc1cc(OC)c(OC)c(OC)c1C=Nn1cc(C)nc1N. The van der Waals surface area contributed by atoms with Crippen LogP contribution < -0.4 is 24.7 Å². The molecule has 0 saturated carbocycles. The highest BCUT2D eigenvalue weighted by atomic mass is 16.5. The molecule has 0 unspecified atom stereocenters. The Labute approximate surface area is 134 Å². The van der Waals surface area contributed by atoms with Crippen molar-refractivity contribution >= 4 is 12.2 Å². The lowest BCUT2D eigenvalue weighted by atomic mass is 10.1. The van der Waals surface area contributed by atoms with Crippen LogP contribution in [0.15, 0.2) is 17.4 Å². The molecular weight excluding hydrogens is 300 g/mol. The minimum atomic E-state index is 0.289. The van der Waals surface area contributed by atoms with Gasteiger partial charge in [-0.1, -0.05) is 0 Å². The van der Waals surface area contributed by atoms with Gasteiger partial charge < -0.3 is 24.7 Å². The van der Waals surface area contributed by atoms with E-state index in [1.807, 2.05) is 6.92 Å². The van der Waals surface area contributed by atoms with Crippen LogP contribution in [0.3, 0.4) is 0 Å². The summed E-state index contributed by atoms with van der Waals surface area (Å²) in [6, 6.07) is 1.70. The fourth-order valence-corrected chi connectivity index (χ4v) is 2.16. The van der Waals surface area contributed by atoms with E-state index >= 15 is 0 Å². The number of aromatic nitrogens is 2. The quantitative estimate of drug-likeness (QED) is 0.814. The molecule has 0 spiro atoms. The van der Waals surface area contributed by atoms with Crippen molar-refractivity contribution in [1.29, 1.82) is 0 Å². The third kappa shape index (κ3) is 3.15. The molecule has 0 atom stereocenters. The van der Waals surface area contributed by atoms with E-state index in [1.165, 1.54) is 18.9 Å². The maximum absolute atomic E-state index is 5.78. The number of rotatable bonds is 6. The van der Waals surface area contributed by atoms with E-state index in [9.17, 15) is 0 Å². The monoisotopic (exact) mass is 320 g/mol. The van der Waals surface area contributed by atoms with Gasteiger partial charge in [-0.3, -0.25) is 0 Å². The zero-order chi connectivity index (χ0) is 17.0. The van der Waals surface area contributed by atoms with Crippen LogP contribution in [0, 0.1) is 6.92 Å². The van der Waals surface area contributed by atoms with Crippen molar-refractivity contribution in [3.63, 3.8) is 0 Å². The minimum absolute atomic E-state index is 0.289. The van der Waals surface area contributed by atoms with Crippen LogP contribution in [0.5, 0.6) is 23.0 Å². The fourth-order valence-electron chi connectivity index (χ4n) is 2.16. The van der Waals surface area contributed by atoms with E-state index in [0.29, 0.717) is 28.6 Å². The highest BCUT2D eigenvalue weighted by Crippen LogP contribution is 2.44. The average Bonchev–Trinajstić information content (AvgIpc) is 2.88. The molecular formula is C15H20N4O4. The summed E-state index contributed by atoms with van der Waals surface area (Å²) < 4.78 is 23.0. The summed E-state index contributed by atoms with van der Waals surface area (Å²) in [4.78, 5) is 4.09. The molecule has 124 valence electrons. The van der Waals surface area contributed by atoms with Gasteiger partial charge in [0.1, 0.15) is 5.75 Å². The molecule has 0 radical (unpaired) electrons. The molecule has 2 rings (SSSR count). The minimum Gasteiger partial charge on any atom is -0.496 e. The van der Waals surface area contributed by atoms with Gasteiger partial charge in [0.05, 0.1) is 52.1 Å². The van der Waals surface area contributed by atoms with Crippen molar-refractivity contribution in [3.05, 3.63) is 23.5 Å². The van der Waals surface area contributed by atoms with Crippen LogP contribution in [-0.2, 0) is 0 Å². The van der Waals surface area contributed by atoms with E-state index in [2.05, 4.69) is 10.1 Å². The normalized spacial score (nSPS) is 10.8. The summed E-state index contributed by atoms with van der Waals surface area (Å²) in [6.45, 7) is 1.83. The number of anilines is 1. The Hall–Kier alpha value is -2.90. The molecule has 2 aromatic rings. The van der Waals surface area contributed by atoms with E-state index < -0.39 is 0 Å². The van der Waals surface area contributed by atoms with Gasteiger partial charge in [-0.05, 0) is 6.92 Å². The van der Waals surface area contributed by atoms with Gasteiger partial charge in [-0.2, -0.15) is 5.10 Å². The Balaban J connectivity index is 2.57. The number of imidazole rings is 1. The largest absolute Gasteiger partial charge is 0.496 e. The molecule has 0 fully saturated rings. The van der Waals surface area contributed by atoms with Crippen molar-refractivity contribution in [1.82, 2.24) is 9.66 Å². The lowest BCUT2D eigenvalue weighted by molar-refractivity contribution is 0.318. The standard InChI is InChI=1S/C15H20N4O4/c1-9-8-19(15(16)18-9)17-7-10-11(20-2)6-12(21-3)14(23-5)13(10)22-4/h6-8H,1-5H3,(H2,16,18). The number of hydrogen-bond acceptors (Lipinski definition) is 7. The molecule has 8 nitrogen and oxygen atoms in total. The molecule has 23 heavy (non-hydrogen) atoms. The van der Waals surface area contributed by atoms with Gasteiger partial charge in [-0.15, -0.1) is 0 Å². The van der Waals surface area contributed by atoms with Crippen LogP contribution in [-0.4, -0.2) is 44.3 Å². The average molecular weight is 320 g/mol. The first-order valence-electron chi connectivity index (χ1n) is 6.78. The van der Waals surface area contributed by atoms with E-state index in [-0.39, 0.29) is 5.95 Å². The smallest absolute Gasteiger partial charge is 0.221 e. The fraction of sp³-hybridized carbons (Fsp3) is 0.333. The van der Waals surface area contributed by atoms with Crippen LogP contribution in [0.1, 0.15) is 11.3 Å². The van der Waals surface area contributed by atoms with E-state index in [4.69, 9.17) is 24.7 Å². The molecule has 0 aliphatic heterocycles. The Morgan fingerprint density at radius 2 is 1.70 bits per heavy atom. The number of aryl methyl sites for hydroxylation is 1. The topological polar surface area (TPSA) is 93.1 Å². The number of nitrogen functional groups attached to an aromatic ring is 1. The molecule has 8 heteroatoms. The molecule has 1 aromatic heterocycles. The second-order valence-electron chi connectivity index (χ2n) is 4.59. The van der Waals surface area contributed by atoms with Crippen molar-refractivity contribution in [2.75, 3.05) is 34.2 Å². The second-order valence-corrected chi connectivity index (χ2v) is 4.59. The molecule has 0 aliphatic rings. The number of hydrogen-bond donors (Lipinski definition) is 1. The van der Waals surface area contributed by atoms with Crippen molar-refractivity contribution in [2.45, 2.75) is 6.92 Å². The van der Waals surface area contributed by atoms with Crippen LogP contribution in [0.2, 0.25) is 0 Å². The predicted molar refractivity (Wildman–Crippen MR) is 87.0 cm³/mol. The Morgan fingerprint density at radius 1 is 1.04 bits per heavy atom. The second kappa shape index (κ2) is 6.91. The summed E-state index contributed by atoms with van der Waals surface area (Å²) in [7, 11) is 6.15. The molecule has 1 heterocycles. The molecule has 0 saturated heterocycles. The summed E-state index contributed by atoms with van der Waals surface area (Å²) in [5, 5.41) is 4.29. The molecule has 2 N–H and O–H groups in total. The van der Waals surface area contributed by atoms with Crippen LogP contribution >= 0.6 is 0 Å². The molecule has 0 amide bonds. The first kappa shape index (κ1) is 16.5. The maximum atomic E-state index is 5.78. The maximum Gasteiger partial charge on any atom is 0.221 e.